The van der Waals surface area contributed by atoms with E-state index in [-0.39, 0.29) is 0 Å². The predicted molar refractivity (Wildman–Crippen MR) is 174 cm³/mol. The molecule has 0 radical (unpaired) electrons. The van der Waals surface area contributed by atoms with Crippen LogP contribution in [0.25, 0.3) is 0 Å². The Labute approximate surface area is 242 Å². The lowest BCUT2D eigenvalue weighted by Crippen LogP contribution is -2.41. The van der Waals surface area contributed by atoms with Gasteiger partial charge >= 0.3 is 0 Å². The summed E-state index contributed by atoms with van der Waals surface area (Å²) < 4.78 is 0. The van der Waals surface area contributed by atoms with E-state index in [1.807, 2.05) is 12.1 Å². The first-order valence-corrected chi connectivity index (χ1v) is 14.7. The molecule has 4 aromatic carbocycles. The first kappa shape index (κ1) is 29.1. The van der Waals surface area contributed by atoms with Crippen LogP contribution in [0.5, 0.6) is 0 Å². The van der Waals surface area contributed by atoms with E-state index in [2.05, 4.69) is 150 Å². The Bertz CT molecular complexity index is 1260. The van der Waals surface area contributed by atoms with Gasteiger partial charge in [0.1, 0.15) is 0 Å². The molecule has 0 aliphatic rings. The van der Waals surface area contributed by atoms with Crippen LogP contribution in [0.1, 0.15) is 101 Å². The van der Waals surface area contributed by atoms with Crippen LogP contribution in [0, 0.1) is 5.41 Å². The predicted octanol–water partition coefficient (Wildman–Crippen LogP) is 11.1. The van der Waals surface area contributed by atoms with E-state index < -0.39 is 0 Å². The van der Waals surface area contributed by atoms with Crippen molar-refractivity contribution < 1.29 is 0 Å². The fraction of sp³-hybridized carbons (Fsp3) is 0.324. The molecule has 3 nitrogen and oxygen atoms in total. The van der Waals surface area contributed by atoms with Gasteiger partial charge in [0.05, 0.1) is 11.4 Å². The fourth-order valence-electron chi connectivity index (χ4n) is 5.51. The Hall–Kier alpha value is -3.85. The van der Waals surface area contributed by atoms with Gasteiger partial charge in [-0.15, -0.1) is 0 Å². The number of guanidine groups is 1. The summed E-state index contributed by atoms with van der Waals surface area (Å²) in [5.74, 6) is 1.61. The second kappa shape index (κ2) is 12.6. The maximum absolute atomic E-state index is 10.2. The van der Waals surface area contributed by atoms with Crippen molar-refractivity contribution in [3.8, 4) is 0 Å². The van der Waals surface area contributed by atoms with Crippen LogP contribution in [0.2, 0.25) is 0 Å². The number of para-hydroxylation sites is 4. The molecule has 0 heterocycles. The van der Waals surface area contributed by atoms with Gasteiger partial charge in [0, 0.05) is 11.4 Å². The van der Waals surface area contributed by atoms with Crippen LogP contribution >= 0.6 is 0 Å². The van der Waals surface area contributed by atoms with Gasteiger partial charge in [-0.05, 0) is 70.2 Å². The zero-order chi connectivity index (χ0) is 29.0. The summed E-state index contributed by atoms with van der Waals surface area (Å²) in [5, 5.41) is 10.2. The first-order chi connectivity index (χ1) is 19.1. The zero-order valence-corrected chi connectivity index (χ0v) is 25.4. The molecule has 0 bridgehead atoms. The summed E-state index contributed by atoms with van der Waals surface area (Å²) in [6.45, 7) is 18.0. The lowest BCUT2D eigenvalue weighted by molar-refractivity contribution is 0.827. The van der Waals surface area contributed by atoms with Crippen LogP contribution < -0.4 is 9.80 Å². The molecule has 0 fully saturated rings. The lowest BCUT2D eigenvalue weighted by Gasteiger charge is -2.39. The number of nitrogens with zero attached hydrogens (tertiary/aromatic N) is 2. The fourth-order valence-corrected chi connectivity index (χ4v) is 5.51. The lowest BCUT2D eigenvalue weighted by atomic mass is 9.90. The van der Waals surface area contributed by atoms with Crippen molar-refractivity contribution in [3.05, 3.63) is 119 Å². The Morgan fingerprint density at radius 2 is 0.700 bits per heavy atom. The highest BCUT2D eigenvalue weighted by Crippen LogP contribution is 2.44. The van der Waals surface area contributed by atoms with Gasteiger partial charge in [-0.2, -0.15) is 0 Å². The molecule has 4 aromatic rings. The summed E-state index contributed by atoms with van der Waals surface area (Å²) in [4.78, 5) is 4.36. The number of benzene rings is 4. The number of hydrogen-bond acceptors (Lipinski definition) is 1. The van der Waals surface area contributed by atoms with E-state index in [0.717, 1.165) is 22.7 Å². The third kappa shape index (κ3) is 5.84. The second-order valence-corrected chi connectivity index (χ2v) is 11.9. The van der Waals surface area contributed by atoms with Gasteiger partial charge in [-0.3, -0.25) is 15.2 Å². The van der Waals surface area contributed by atoms with E-state index in [1.165, 1.54) is 22.3 Å². The monoisotopic (exact) mass is 531 g/mol. The normalized spacial score (nSPS) is 11.5. The number of anilines is 4. The third-order valence-corrected chi connectivity index (χ3v) is 7.58. The minimum absolute atomic E-state index is 0.298. The van der Waals surface area contributed by atoms with Gasteiger partial charge in [-0.1, -0.05) is 128 Å². The van der Waals surface area contributed by atoms with Crippen molar-refractivity contribution in [2.24, 2.45) is 0 Å². The second-order valence-electron chi connectivity index (χ2n) is 11.9. The van der Waals surface area contributed by atoms with Crippen molar-refractivity contribution >= 4 is 28.7 Å². The molecule has 208 valence electrons. The Morgan fingerprint density at radius 1 is 0.425 bits per heavy atom. The van der Waals surface area contributed by atoms with Gasteiger partial charge in [-0.25, -0.2) is 0 Å². The summed E-state index contributed by atoms with van der Waals surface area (Å²) in [7, 11) is 0. The SMILES string of the molecule is CC(C)c1cccc(C(C)C)c1N(C(=N)N(c1ccccc1)c1c(C(C)C)cccc1C(C)C)c1ccccc1. The quantitative estimate of drug-likeness (QED) is 0.181. The van der Waals surface area contributed by atoms with Gasteiger partial charge in [0.25, 0.3) is 0 Å². The van der Waals surface area contributed by atoms with Crippen molar-refractivity contribution in [2.75, 3.05) is 9.80 Å². The molecular weight excluding hydrogens is 486 g/mol. The number of rotatable bonds is 8. The summed E-state index contributed by atoms with van der Waals surface area (Å²) in [5.41, 5.74) is 9.16. The van der Waals surface area contributed by atoms with Gasteiger partial charge in [0.15, 0.2) is 0 Å². The topological polar surface area (TPSA) is 30.3 Å². The van der Waals surface area contributed by atoms with E-state index >= 15 is 0 Å². The van der Waals surface area contributed by atoms with Crippen molar-refractivity contribution in [1.82, 2.24) is 0 Å². The standard InChI is InChI=1S/C37H45N3/c1-25(2)31-21-15-22-32(26(3)4)35(31)39(29-17-11-9-12-18-29)37(38)40(30-19-13-10-14-20-30)36-33(27(5)6)23-16-24-34(36)28(7)8/h9-28,38H,1-8H3. The average molecular weight is 532 g/mol. The molecule has 3 heteroatoms. The third-order valence-electron chi connectivity index (χ3n) is 7.58. The molecule has 0 amide bonds. The molecule has 0 saturated carbocycles. The van der Waals surface area contributed by atoms with Crippen LogP contribution in [-0.2, 0) is 0 Å². The molecule has 0 atom stereocenters. The van der Waals surface area contributed by atoms with Gasteiger partial charge in [0.2, 0.25) is 5.96 Å². The molecule has 0 spiro atoms. The van der Waals surface area contributed by atoms with E-state index in [1.54, 1.807) is 0 Å². The largest absolute Gasteiger partial charge is 0.280 e. The van der Waals surface area contributed by atoms with Gasteiger partial charge < -0.3 is 0 Å². The van der Waals surface area contributed by atoms with Crippen molar-refractivity contribution in [1.29, 1.82) is 5.41 Å². The Morgan fingerprint density at radius 3 is 0.950 bits per heavy atom. The molecule has 40 heavy (non-hydrogen) atoms. The first-order valence-electron chi connectivity index (χ1n) is 14.7. The van der Waals surface area contributed by atoms with Crippen LogP contribution in [0.15, 0.2) is 97.1 Å². The highest BCUT2D eigenvalue weighted by molar-refractivity contribution is 6.15. The highest BCUT2D eigenvalue weighted by Gasteiger charge is 2.31. The molecular formula is C37H45N3. The highest BCUT2D eigenvalue weighted by atomic mass is 15.4. The zero-order valence-electron chi connectivity index (χ0n) is 25.4. The molecule has 0 unspecified atom stereocenters. The molecule has 0 aliphatic heterocycles. The van der Waals surface area contributed by atoms with E-state index in [0.29, 0.717) is 29.6 Å². The minimum Gasteiger partial charge on any atom is -0.280 e. The molecule has 0 aromatic heterocycles. The molecule has 0 saturated heterocycles. The minimum atomic E-state index is 0.298. The maximum atomic E-state index is 10.2. The summed E-state index contributed by atoms with van der Waals surface area (Å²) in [6.07, 6.45) is 0. The van der Waals surface area contributed by atoms with Crippen LogP contribution in [0.4, 0.5) is 22.7 Å². The van der Waals surface area contributed by atoms with Crippen LogP contribution in [0.3, 0.4) is 0 Å². The van der Waals surface area contributed by atoms with Crippen molar-refractivity contribution in [3.63, 3.8) is 0 Å². The molecule has 1 N–H and O–H groups in total. The van der Waals surface area contributed by atoms with Crippen LogP contribution in [-0.4, -0.2) is 5.96 Å². The molecule has 0 aliphatic carbocycles. The Kier molecular flexibility index (Phi) is 9.14. The summed E-state index contributed by atoms with van der Waals surface area (Å²) >= 11 is 0. The Balaban J connectivity index is 2.10. The number of nitrogens with one attached hydrogen (secondary N) is 1. The smallest absolute Gasteiger partial charge is 0.212 e. The van der Waals surface area contributed by atoms with E-state index in [4.69, 9.17) is 0 Å². The maximum Gasteiger partial charge on any atom is 0.212 e. The average Bonchev–Trinajstić information content (AvgIpc) is 2.94. The van der Waals surface area contributed by atoms with Crippen molar-refractivity contribution in [2.45, 2.75) is 79.1 Å². The number of hydrogen-bond donors (Lipinski definition) is 1. The molecule has 4 rings (SSSR count). The summed E-state index contributed by atoms with van der Waals surface area (Å²) in [6, 6.07) is 34.1. The van der Waals surface area contributed by atoms with E-state index in [9.17, 15) is 5.41 Å².